The molecule has 6 heteroatoms. The van der Waals surface area contributed by atoms with Crippen molar-refractivity contribution in [1.82, 2.24) is 15.0 Å². The Morgan fingerprint density at radius 1 is 1.33 bits per heavy atom. The molecule has 6 nitrogen and oxygen atoms in total. The molecule has 1 aliphatic rings. The molecule has 0 aromatic carbocycles. The minimum absolute atomic E-state index is 0.0174. The molecular formula is C12H21N5O. The summed E-state index contributed by atoms with van der Waals surface area (Å²) in [5.41, 5.74) is 6.00. The third-order valence-electron chi connectivity index (χ3n) is 3.21. The van der Waals surface area contributed by atoms with Gasteiger partial charge in [0.1, 0.15) is 0 Å². The van der Waals surface area contributed by atoms with E-state index in [4.69, 9.17) is 10.5 Å². The molecule has 0 spiro atoms. The van der Waals surface area contributed by atoms with E-state index in [1.54, 1.807) is 0 Å². The van der Waals surface area contributed by atoms with Crippen molar-refractivity contribution in [3.8, 4) is 6.01 Å². The number of rotatable bonds is 5. The molecule has 1 fully saturated rings. The van der Waals surface area contributed by atoms with E-state index < -0.39 is 0 Å². The second-order valence-electron chi connectivity index (χ2n) is 5.48. The highest BCUT2D eigenvalue weighted by Gasteiger charge is 2.31. The minimum atomic E-state index is 0.0174. The molecule has 0 radical (unpaired) electrons. The fraction of sp³-hybridized carbons (Fsp3) is 0.750. The van der Waals surface area contributed by atoms with Gasteiger partial charge in [0.05, 0.1) is 6.10 Å². The van der Waals surface area contributed by atoms with Crippen molar-refractivity contribution >= 4 is 11.9 Å². The van der Waals surface area contributed by atoms with Crippen LogP contribution in [0, 0.1) is 5.41 Å². The summed E-state index contributed by atoms with van der Waals surface area (Å²) < 4.78 is 5.43. The molecule has 0 unspecified atom stereocenters. The highest BCUT2D eigenvalue weighted by Crippen LogP contribution is 2.40. The van der Waals surface area contributed by atoms with E-state index in [0.29, 0.717) is 11.4 Å². The molecule has 1 aromatic rings. The Hall–Kier alpha value is -1.59. The Bertz CT molecular complexity index is 417. The highest BCUT2D eigenvalue weighted by atomic mass is 16.5. The van der Waals surface area contributed by atoms with Gasteiger partial charge in [0.25, 0.3) is 0 Å². The number of hydrogen-bond donors (Lipinski definition) is 2. The molecule has 1 aliphatic carbocycles. The Morgan fingerprint density at radius 3 is 2.61 bits per heavy atom. The molecule has 100 valence electrons. The van der Waals surface area contributed by atoms with Crippen molar-refractivity contribution in [3.63, 3.8) is 0 Å². The zero-order valence-electron chi connectivity index (χ0n) is 11.2. The maximum Gasteiger partial charge on any atom is 0.323 e. The minimum Gasteiger partial charge on any atom is -0.461 e. The van der Waals surface area contributed by atoms with Gasteiger partial charge < -0.3 is 15.8 Å². The van der Waals surface area contributed by atoms with Gasteiger partial charge in [-0.15, -0.1) is 0 Å². The summed E-state index contributed by atoms with van der Waals surface area (Å²) in [6.07, 6.45) is 3.81. The van der Waals surface area contributed by atoms with Crippen LogP contribution in [-0.2, 0) is 0 Å². The van der Waals surface area contributed by atoms with Gasteiger partial charge in [0.15, 0.2) is 0 Å². The molecule has 18 heavy (non-hydrogen) atoms. The molecule has 1 saturated carbocycles. The highest BCUT2D eigenvalue weighted by molar-refractivity contribution is 5.33. The number of anilines is 2. The quantitative estimate of drug-likeness (QED) is 0.830. The molecule has 2 rings (SSSR count). The van der Waals surface area contributed by atoms with Crippen LogP contribution in [-0.4, -0.2) is 27.6 Å². The summed E-state index contributed by atoms with van der Waals surface area (Å²) in [5.74, 6) is 0.674. The summed E-state index contributed by atoms with van der Waals surface area (Å²) in [4.78, 5) is 12.2. The standard InChI is InChI=1S/C12H21N5O/c1-8(2)18-11-16-9(13)15-10(17-11)14-7-12(3)5-4-6-12/h8H,4-7H2,1-3H3,(H3,13,14,15,16,17). The summed E-state index contributed by atoms with van der Waals surface area (Å²) in [7, 11) is 0. The molecule has 0 bridgehead atoms. The van der Waals surface area contributed by atoms with Crippen molar-refractivity contribution in [3.05, 3.63) is 0 Å². The van der Waals surface area contributed by atoms with Crippen LogP contribution in [0.1, 0.15) is 40.0 Å². The van der Waals surface area contributed by atoms with Crippen LogP contribution in [0.4, 0.5) is 11.9 Å². The van der Waals surface area contributed by atoms with Crippen LogP contribution in [0.2, 0.25) is 0 Å². The summed E-state index contributed by atoms with van der Waals surface area (Å²) in [6, 6.07) is 0.277. The van der Waals surface area contributed by atoms with Gasteiger partial charge in [-0.05, 0) is 32.1 Å². The first kappa shape index (κ1) is 12.9. The third kappa shape index (κ3) is 3.21. The maximum atomic E-state index is 5.64. The van der Waals surface area contributed by atoms with E-state index in [0.717, 1.165) is 6.54 Å². The van der Waals surface area contributed by atoms with Gasteiger partial charge in [0.2, 0.25) is 11.9 Å². The van der Waals surface area contributed by atoms with Gasteiger partial charge in [-0.25, -0.2) is 0 Å². The van der Waals surface area contributed by atoms with Crippen molar-refractivity contribution in [2.75, 3.05) is 17.6 Å². The molecule has 0 aliphatic heterocycles. The SMILES string of the molecule is CC(C)Oc1nc(N)nc(NCC2(C)CCC2)n1. The monoisotopic (exact) mass is 251 g/mol. The lowest BCUT2D eigenvalue weighted by molar-refractivity contribution is 0.179. The number of nitrogen functional groups attached to an aromatic ring is 1. The average Bonchev–Trinajstić information content (AvgIpc) is 2.22. The van der Waals surface area contributed by atoms with E-state index in [1.165, 1.54) is 19.3 Å². The summed E-state index contributed by atoms with van der Waals surface area (Å²) in [6.45, 7) is 6.96. The van der Waals surface area contributed by atoms with Crippen LogP contribution in [0.25, 0.3) is 0 Å². The Kier molecular flexibility index (Phi) is 3.54. The fourth-order valence-corrected chi connectivity index (χ4v) is 1.96. The predicted octanol–water partition coefficient (Wildman–Crippen LogP) is 1.84. The first-order valence-corrected chi connectivity index (χ1v) is 6.39. The van der Waals surface area contributed by atoms with E-state index in [2.05, 4.69) is 27.2 Å². The van der Waals surface area contributed by atoms with Crippen molar-refractivity contribution in [1.29, 1.82) is 0 Å². The summed E-state index contributed by atoms with van der Waals surface area (Å²) in [5, 5.41) is 3.22. The fourth-order valence-electron chi connectivity index (χ4n) is 1.96. The Morgan fingerprint density at radius 2 is 2.06 bits per heavy atom. The summed E-state index contributed by atoms with van der Waals surface area (Å²) >= 11 is 0. The van der Waals surface area contributed by atoms with Crippen LogP contribution in [0.3, 0.4) is 0 Å². The largest absolute Gasteiger partial charge is 0.461 e. The molecule has 3 N–H and O–H groups in total. The number of hydrogen-bond acceptors (Lipinski definition) is 6. The van der Waals surface area contributed by atoms with E-state index >= 15 is 0 Å². The number of ether oxygens (including phenoxy) is 1. The molecule has 1 heterocycles. The Labute approximate surface area is 107 Å². The number of nitrogens with one attached hydrogen (secondary N) is 1. The van der Waals surface area contributed by atoms with Gasteiger partial charge in [-0.3, -0.25) is 0 Å². The van der Waals surface area contributed by atoms with E-state index in [9.17, 15) is 0 Å². The zero-order valence-corrected chi connectivity index (χ0v) is 11.2. The molecule has 1 aromatic heterocycles. The van der Waals surface area contributed by atoms with Crippen LogP contribution < -0.4 is 15.8 Å². The van der Waals surface area contributed by atoms with Crippen LogP contribution >= 0.6 is 0 Å². The first-order chi connectivity index (χ1) is 8.47. The predicted molar refractivity (Wildman–Crippen MR) is 70.5 cm³/mol. The topological polar surface area (TPSA) is 86.0 Å². The average molecular weight is 251 g/mol. The number of aromatic nitrogens is 3. The lowest BCUT2D eigenvalue weighted by Gasteiger charge is -2.38. The molecular weight excluding hydrogens is 230 g/mol. The lowest BCUT2D eigenvalue weighted by Crippen LogP contribution is -2.33. The van der Waals surface area contributed by atoms with Gasteiger partial charge in [-0.1, -0.05) is 13.3 Å². The van der Waals surface area contributed by atoms with Crippen LogP contribution in [0.5, 0.6) is 6.01 Å². The van der Waals surface area contributed by atoms with Gasteiger partial charge in [0, 0.05) is 6.54 Å². The second kappa shape index (κ2) is 4.96. The van der Waals surface area contributed by atoms with E-state index in [-0.39, 0.29) is 18.1 Å². The van der Waals surface area contributed by atoms with Crippen molar-refractivity contribution in [2.24, 2.45) is 5.41 Å². The van der Waals surface area contributed by atoms with Crippen molar-refractivity contribution in [2.45, 2.75) is 46.1 Å². The molecule has 0 saturated heterocycles. The second-order valence-corrected chi connectivity index (χ2v) is 5.48. The lowest BCUT2D eigenvalue weighted by atomic mass is 9.70. The van der Waals surface area contributed by atoms with Gasteiger partial charge >= 0.3 is 6.01 Å². The Balaban J connectivity index is 2.00. The normalized spacial score (nSPS) is 17.3. The van der Waals surface area contributed by atoms with Crippen LogP contribution in [0.15, 0.2) is 0 Å². The smallest absolute Gasteiger partial charge is 0.323 e. The first-order valence-electron chi connectivity index (χ1n) is 6.39. The number of nitrogens with zero attached hydrogens (tertiary/aromatic N) is 3. The number of nitrogens with two attached hydrogens (primary N) is 1. The van der Waals surface area contributed by atoms with E-state index in [1.807, 2.05) is 13.8 Å². The van der Waals surface area contributed by atoms with Crippen molar-refractivity contribution < 1.29 is 4.74 Å². The van der Waals surface area contributed by atoms with Gasteiger partial charge in [-0.2, -0.15) is 15.0 Å². The maximum absolute atomic E-state index is 5.64. The molecule has 0 atom stereocenters. The molecule has 0 amide bonds. The third-order valence-corrected chi connectivity index (χ3v) is 3.21. The zero-order chi connectivity index (χ0) is 13.2.